The van der Waals surface area contributed by atoms with Crippen LogP contribution in [0, 0.1) is 13.8 Å². The number of aryl methyl sites for hydroxylation is 2. The fourth-order valence-electron chi connectivity index (χ4n) is 3.17. The van der Waals surface area contributed by atoms with Gasteiger partial charge in [-0.2, -0.15) is 0 Å². The van der Waals surface area contributed by atoms with Gasteiger partial charge in [-0.25, -0.2) is 0 Å². The Balaban J connectivity index is 1.61. The Kier molecular flexibility index (Phi) is 4.58. The van der Waals surface area contributed by atoms with Gasteiger partial charge in [0, 0.05) is 25.2 Å². The second-order valence-electron chi connectivity index (χ2n) is 6.04. The van der Waals surface area contributed by atoms with Crippen molar-refractivity contribution in [3.63, 3.8) is 0 Å². The van der Waals surface area contributed by atoms with Crippen molar-refractivity contribution < 1.29 is 4.79 Å². The number of fused-ring (bicyclic) bond motifs is 1. The van der Waals surface area contributed by atoms with Crippen molar-refractivity contribution >= 4 is 28.9 Å². The summed E-state index contributed by atoms with van der Waals surface area (Å²) in [5.41, 5.74) is 5.48. The lowest BCUT2D eigenvalue weighted by Crippen LogP contribution is -2.30. The maximum absolute atomic E-state index is 12.5. The van der Waals surface area contributed by atoms with Gasteiger partial charge in [0.1, 0.15) is 0 Å². The van der Waals surface area contributed by atoms with Gasteiger partial charge in [-0.05, 0) is 49.1 Å². The monoisotopic (exact) mass is 328 g/mol. The summed E-state index contributed by atoms with van der Waals surface area (Å²) in [5.74, 6) is 0.156. The third-order valence-corrected chi connectivity index (χ3v) is 4.56. The summed E-state index contributed by atoms with van der Waals surface area (Å²) in [6.07, 6.45) is 1.40. The number of carbonyl (C=O) groups is 1. The van der Waals surface area contributed by atoms with Gasteiger partial charge in [0.05, 0.1) is 10.7 Å². The summed E-state index contributed by atoms with van der Waals surface area (Å²) in [6, 6.07) is 12.2. The van der Waals surface area contributed by atoms with Crippen molar-refractivity contribution in [1.82, 2.24) is 0 Å². The number of hydrogen-bond acceptors (Lipinski definition) is 2. The van der Waals surface area contributed by atoms with Crippen molar-refractivity contribution in [3.8, 4) is 0 Å². The topological polar surface area (TPSA) is 32.3 Å². The highest BCUT2D eigenvalue weighted by Crippen LogP contribution is 2.29. The fourth-order valence-corrected chi connectivity index (χ4v) is 3.55. The summed E-state index contributed by atoms with van der Waals surface area (Å²) in [6.45, 7) is 5.42. The molecule has 1 N–H and O–H groups in total. The van der Waals surface area contributed by atoms with Crippen LogP contribution in [0.4, 0.5) is 11.4 Å². The van der Waals surface area contributed by atoms with E-state index in [4.69, 9.17) is 11.6 Å². The summed E-state index contributed by atoms with van der Waals surface area (Å²) < 4.78 is 0. The molecule has 0 saturated heterocycles. The predicted octanol–water partition coefficient (Wildman–Crippen LogP) is 4.35. The zero-order valence-electron chi connectivity index (χ0n) is 13.5. The minimum absolute atomic E-state index is 0.156. The standard InChI is InChI=1S/C19H21ClN2O/c1-13-11-14(2)19(16(20)12-13)21-9-7-18(23)22-10-8-15-5-3-4-6-17(15)22/h3-6,11-12,21H,7-10H2,1-2H3. The number of amides is 1. The van der Waals surface area contributed by atoms with Gasteiger partial charge in [-0.1, -0.05) is 35.9 Å². The molecule has 0 radical (unpaired) electrons. The number of benzene rings is 2. The lowest BCUT2D eigenvalue weighted by atomic mass is 10.1. The number of rotatable bonds is 4. The van der Waals surface area contributed by atoms with Crippen LogP contribution in [0.15, 0.2) is 36.4 Å². The Hall–Kier alpha value is -2.00. The molecule has 1 heterocycles. The third-order valence-electron chi connectivity index (χ3n) is 4.26. The average molecular weight is 329 g/mol. The first-order valence-corrected chi connectivity index (χ1v) is 8.33. The summed E-state index contributed by atoms with van der Waals surface area (Å²) in [5, 5.41) is 4.02. The van der Waals surface area contributed by atoms with E-state index in [2.05, 4.69) is 17.4 Å². The molecule has 1 amide bonds. The second kappa shape index (κ2) is 6.63. The van der Waals surface area contributed by atoms with Crippen LogP contribution in [0.25, 0.3) is 0 Å². The summed E-state index contributed by atoms with van der Waals surface area (Å²) in [4.78, 5) is 14.4. The van der Waals surface area contributed by atoms with Crippen molar-refractivity contribution in [1.29, 1.82) is 0 Å². The van der Waals surface area contributed by atoms with E-state index in [1.807, 2.05) is 43.0 Å². The molecule has 4 heteroatoms. The van der Waals surface area contributed by atoms with Gasteiger partial charge in [0.15, 0.2) is 0 Å². The van der Waals surface area contributed by atoms with E-state index in [1.54, 1.807) is 0 Å². The molecule has 1 aliphatic heterocycles. The van der Waals surface area contributed by atoms with Gasteiger partial charge >= 0.3 is 0 Å². The number of nitrogens with zero attached hydrogens (tertiary/aromatic N) is 1. The molecule has 3 rings (SSSR count). The zero-order chi connectivity index (χ0) is 16.4. The van der Waals surface area contributed by atoms with Gasteiger partial charge in [0.2, 0.25) is 5.91 Å². The maximum atomic E-state index is 12.5. The first-order chi connectivity index (χ1) is 11.1. The number of nitrogens with one attached hydrogen (secondary N) is 1. The van der Waals surface area contributed by atoms with Crippen LogP contribution in [0.2, 0.25) is 5.02 Å². The molecule has 2 aromatic carbocycles. The normalized spacial score (nSPS) is 13.1. The van der Waals surface area contributed by atoms with Crippen molar-refractivity contribution in [2.75, 3.05) is 23.3 Å². The van der Waals surface area contributed by atoms with Crippen LogP contribution in [-0.4, -0.2) is 19.0 Å². The largest absolute Gasteiger partial charge is 0.383 e. The highest BCUT2D eigenvalue weighted by atomic mass is 35.5. The molecule has 0 spiro atoms. The lowest BCUT2D eigenvalue weighted by molar-refractivity contribution is -0.118. The number of carbonyl (C=O) groups excluding carboxylic acids is 1. The van der Waals surface area contributed by atoms with Gasteiger partial charge < -0.3 is 10.2 Å². The lowest BCUT2D eigenvalue weighted by Gasteiger charge is -2.18. The SMILES string of the molecule is Cc1cc(C)c(NCCC(=O)N2CCc3ccccc32)c(Cl)c1. The predicted molar refractivity (Wildman–Crippen MR) is 96.5 cm³/mol. The first kappa shape index (κ1) is 15.9. The van der Waals surface area contributed by atoms with E-state index in [0.29, 0.717) is 18.0 Å². The highest BCUT2D eigenvalue weighted by molar-refractivity contribution is 6.33. The molecule has 0 aromatic heterocycles. The zero-order valence-corrected chi connectivity index (χ0v) is 14.3. The van der Waals surface area contributed by atoms with Crippen LogP contribution in [0.5, 0.6) is 0 Å². The Morgan fingerprint density at radius 2 is 2.04 bits per heavy atom. The molecule has 0 atom stereocenters. The van der Waals surface area contributed by atoms with E-state index < -0.39 is 0 Å². The molecule has 0 fully saturated rings. The molecule has 0 aliphatic carbocycles. The van der Waals surface area contributed by atoms with Gasteiger partial charge in [0.25, 0.3) is 0 Å². The van der Waals surface area contributed by atoms with E-state index in [1.165, 1.54) is 5.56 Å². The fraction of sp³-hybridized carbons (Fsp3) is 0.316. The molecule has 0 saturated carbocycles. The smallest absolute Gasteiger partial charge is 0.228 e. The van der Waals surface area contributed by atoms with Crippen molar-refractivity contribution in [3.05, 3.63) is 58.1 Å². The highest BCUT2D eigenvalue weighted by Gasteiger charge is 2.23. The van der Waals surface area contributed by atoms with Gasteiger partial charge in [-0.3, -0.25) is 4.79 Å². The molecule has 2 aromatic rings. The van der Waals surface area contributed by atoms with Crippen LogP contribution in [0.3, 0.4) is 0 Å². The van der Waals surface area contributed by atoms with Crippen molar-refractivity contribution in [2.45, 2.75) is 26.7 Å². The molecule has 23 heavy (non-hydrogen) atoms. The summed E-state index contributed by atoms with van der Waals surface area (Å²) >= 11 is 6.29. The van der Waals surface area contributed by atoms with Crippen LogP contribution in [0.1, 0.15) is 23.1 Å². The van der Waals surface area contributed by atoms with Crippen LogP contribution >= 0.6 is 11.6 Å². The Morgan fingerprint density at radius 1 is 1.26 bits per heavy atom. The van der Waals surface area contributed by atoms with Gasteiger partial charge in [-0.15, -0.1) is 0 Å². The number of anilines is 2. The number of hydrogen-bond donors (Lipinski definition) is 1. The van der Waals surface area contributed by atoms with E-state index in [0.717, 1.165) is 35.5 Å². The van der Waals surface area contributed by atoms with E-state index in [-0.39, 0.29) is 5.91 Å². The molecule has 120 valence electrons. The summed E-state index contributed by atoms with van der Waals surface area (Å²) in [7, 11) is 0. The quantitative estimate of drug-likeness (QED) is 0.905. The van der Waals surface area contributed by atoms with Crippen molar-refractivity contribution in [2.24, 2.45) is 0 Å². The Morgan fingerprint density at radius 3 is 2.83 bits per heavy atom. The van der Waals surface area contributed by atoms with E-state index >= 15 is 0 Å². The molecular formula is C19H21ClN2O. The molecule has 3 nitrogen and oxygen atoms in total. The molecule has 1 aliphatic rings. The van der Waals surface area contributed by atoms with Crippen LogP contribution in [-0.2, 0) is 11.2 Å². The molecule has 0 unspecified atom stereocenters. The minimum atomic E-state index is 0.156. The average Bonchev–Trinajstić information content (AvgIpc) is 2.93. The first-order valence-electron chi connectivity index (χ1n) is 7.95. The minimum Gasteiger partial charge on any atom is -0.383 e. The second-order valence-corrected chi connectivity index (χ2v) is 6.45. The van der Waals surface area contributed by atoms with E-state index in [9.17, 15) is 4.79 Å². The number of para-hydroxylation sites is 1. The Labute approximate surface area is 142 Å². The molecular weight excluding hydrogens is 308 g/mol. The van der Waals surface area contributed by atoms with Crippen LogP contribution < -0.4 is 10.2 Å². The third kappa shape index (κ3) is 3.35. The Bertz CT molecular complexity index is 719. The molecule has 0 bridgehead atoms. The maximum Gasteiger partial charge on any atom is 0.228 e. The number of halogens is 1.